The van der Waals surface area contributed by atoms with Crippen molar-refractivity contribution in [3.63, 3.8) is 0 Å². The van der Waals surface area contributed by atoms with Crippen molar-refractivity contribution in [2.24, 2.45) is 0 Å². The summed E-state index contributed by atoms with van der Waals surface area (Å²) in [5, 5.41) is 121. The zero-order valence-corrected chi connectivity index (χ0v) is 60.2. The first-order valence-electron chi connectivity index (χ1n) is 39.8. The highest BCUT2D eigenvalue weighted by molar-refractivity contribution is 5.76. The van der Waals surface area contributed by atoms with Gasteiger partial charge in [-0.05, 0) is 12.8 Å². The molecule has 0 radical (unpaired) electrons. The van der Waals surface area contributed by atoms with Crippen LogP contribution in [-0.2, 0) is 33.2 Å². The lowest BCUT2D eigenvalue weighted by Gasteiger charge is -2.48. The standard InChI is InChI=1S/C76H147NO18/c1-3-5-7-9-11-13-15-17-19-21-23-24-25-26-27-28-29-30-31-32-33-34-35-36-38-40-42-44-46-48-50-52-54-64(82)77-59(60(81)53-51-49-47-45-43-41-39-37-22-20-18-16-14-12-10-8-6-4-2)58-90-74-70(88)67(85)72(62(56-79)92-74)95-76-71(89)68(86)73(63(57-80)93-76)94-75-69(87)66(84)65(83)61(55-78)91-75/h59-63,65-76,78-81,83-89H,3-58H2,1-2H3,(H,77,82). The summed E-state index contributed by atoms with van der Waals surface area (Å²) in [6, 6.07) is -0.882. The fourth-order valence-electron chi connectivity index (χ4n) is 14.0. The molecular formula is C76H147NO18. The number of unbranched alkanes of at least 4 members (excludes halogenated alkanes) is 48. The van der Waals surface area contributed by atoms with Crippen molar-refractivity contribution >= 4 is 5.91 Å². The van der Waals surface area contributed by atoms with Gasteiger partial charge in [0.1, 0.15) is 73.2 Å². The van der Waals surface area contributed by atoms with E-state index in [1.165, 1.54) is 270 Å². The predicted octanol–water partition coefficient (Wildman–Crippen LogP) is 12.6. The number of nitrogens with one attached hydrogen (secondary N) is 1. The maximum absolute atomic E-state index is 13.5. The van der Waals surface area contributed by atoms with Crippen LogP contribution in [-0.4, -0.2) is 193 Å². The molecule has 3 aliphatic heterocycles. The molecule has 3 heterocycles. The van der Waals surface area contributed by atoms with Crippen LogP contribution in [0.1, 0.15) is 348 Å². The third-order valence-electron chi connectivity index (χ3n) is 20.4. The van der Waals surface area contributed by atoms with Gasteiger partial charge in [0.05, 0.1) is 38.6 Å². The molecular weight excluding hydrogens is 1210 g/mol. The summed E-state index contributed by atoms with van der Waals surface area (Å²) in [6.07, 6.45) is 39.2. The molecule has 3 rings (SSSR count). The number of carbonyl (C=O) groups excluding carboxylic acids is 1. The van der Waals surface area contributed by atoms with E-state index in [0.717, 1.165) is 44.9 Å². The summed E-state index contributed by atoms with van der Waals surface area (Å²) in [4.78, 5) is 13.5. The minimum Gasteiger partial charge on any atom is -0.394 e. The van der Waals surface area contributed by atoms with Crippen molar-refractivity contribution in [1.29, 1.82) is 0 Å². The normalized spacial score (nSPS) is 27.1. The topological polar surface area (TPSA) is 307 Å². The predicted molar refractivity (Wildman–Crippen MR) is 374 cm³/mol. The highest BCUT2D eigenvalue weighted by Gasteiger charge is 2.54. The second kappa shape index (κ2) is 58.3. The summed E-state index contributed by atoms with van der Waals surface area (Å²) in [5.74, 6) is -0.233. The molecule has 19 heteroatoms. The lowest BCUT2D eigenvalue weighted by molar-refractivity contribution is -0.379. The molecule has 0 spiro atoms. The van der Waals surface area contributed by atoms with Gasteiger partial charge in [-0.3, -0.25) is 4.79 Å². The fourth-order valence-corrected chi connectivity index (χ4v) is 14.0. The van der Waals surface area contributed by atoms with E-state index in [2.05, 4.69) is 19.2 Å². The van der Waals surface area contributed by atoms with Crippen LogP contribution < -0.4 is 5.32 Å². The van der Waals surface area contributed by atoms with Crippen LogP contribution in [0.3, 0.4) is 0 Å². The first-order valence-corrected chi connectivity index (χ1v) is 39.8. The minimum absolute atomic E-state index is 0.233. The molecule has 3 saturated heterocycles. The van der Waals surface area contributed by atoms with Gasteiger partial charge in [-0.1, -0.05) is 328 Å². The Morgan fingerprint density at radius 3 is 0.916 bits per heavy atom. The number of hydrogen-bond acceptors (Lipinski definition) is 18. The molecule has 17 atom stereocenters. The number of rotatable bonds is 64. The van der Waals surface area contributed by atoms with Crippen molar-refractivity contribution in [1.82, 2.24) is 5.32 Å². The quantitative estimate of drug-likeness (QED) is 0.0252. The molecule has 19 nitrogen and oxygen atoms in total. The average molecular weight is 1360 g/mol. The summed E-state index contributed by atoms with van der Waals surface area (Å²) in [6.45, 7) is 1.86. The van der Waals surface area contributed by atoms with Crippen LogP contribution in [0.2, 0.25) is 0 Å². The van der Waals surface area contributed by atoms with Crippen LogP contribution in [0.5, 0.6) is 0 Å². The lowest BCUT2D eigenvalue weighted by Crippen LogP contribution is -2.66. The maximum atomic E-state index is 13.5. The van der Waals surface area contributed by atoms with E-state index in [9.17, 15) is 61.0 Å². The lowest BCUT2D eigenvalue weighted by atomic mass is 9.96. The Labute approximate surface area is 576 Å². The SMILES string of the molecule is CCCCCCCCCCCCCCCCCCCCCCCCCCCCCCCCCCC(=O)NC(COC1OC(CO)C(OC2OC(CO)C(OC3OC(CO)C(O)C(O)C3O)C(O)C2O)C(O)C1O)C(O)CCCCCCCCCCCCCCCCCCCC. The van der Waals surface area contributed by atoms with Crippen LogP contribution in [0.4, 0.5) is 0 Å². The smallest absolute Gasteiger partial charge is 0.220 e. The van der Waals surface area contributed by atoms with E-state index in [4.69, 9.17) is 28.4 Å². The minimum atomic E-state index is -1.97. The first-order chi connectivity index (χ1) is 46.3. The molecule has 1 amide bonds. The number of aliphatic hydroxyl groups excluding tert-OH is 11. The van der Waals surface area contributed by atoms with Gasteiger partial charge in [0.15, 0.2) is 18.9 Å². The summed E-state index contributed by atoms with van der Waals surface area (Å²) >= 11 is 0. The number of ether oxygens (including phenoxy) is 6. The van der Waals surface area contributed by atoms with Gasteiger partial charge in [-0.2, -0.15) is 0 Å². The summed E-state index contributed by atoms with van der Waals surface area (Å²) in [5.41, 5.74) is 0. The second-order valence-corrected chi connectivity index (χ2v) is 28.9. The number of aliphatic hydroxyl groups is 11. The Bertz CT molecular complexity index is 1720. The average Bonchev–Trinajstić information content (AvgIpc) is 0.786. The summed E-state index contributed by atoms with van der Waals surface area (Å²) in [7, 11) is 0. The van der Waals surface area contributed by atoms with Crippen LogP contribution in [0, 0.1) is 0 Å². The third kappa shape index (κ3) is 39.1. The molecule has 12 N–H and O–H groups in total. The largest absolute Gasteiger partial charge is 0.394 e. The van der Waals surface area contributed by atoms with Crippen molar-refractivity contribution < 1.29 is 89.4 Å². The van der Waals surface area contributed by atoms with Gasteiger partial charge < -0.3 is 89.9 Å². The Hall–Kier alpha value is -1.21. The van der Waals surface area contributed by atoms with Gasteiger partial charge >= 0.3 is 0 Å². The number of hydrogen-bond donors (Lipinski definition) is 12. The zero-order chi connectivity index (χ0) is 68.9. The monoisotopic (exact) mass is 1360 g/mol. The Balaban J connectivity index is 1.34. The van der Waals surface area contributed by atoms with Crippen molar-refractivity contribution in [3.8, 4) is 0 Å². The van der Waals surface area contributed by atoms with Crippen LogP contribution in [0.25, 0.3) is 0 Å². The number of amides is 1. The van der Waals surface area contributed by atoms with E-state index in [1.54, 1.807) is 0 Å². The molecule has 0 aliphatic carbocycles. The highest BCUT2D eigenvalue weighted by Crippen LogP contribution is 2.33. The first kappa shape index (κ1) is 88.0. The second-order valence-electron chi connectivity index (χ2n) is 28.9. The van der Waals surface area contributed by atoms with Crippen molar-refractivity contribution in [2.75, 3.05) is 26.4 Å². The highest BCUT2D eigenvalue weighted by atomic mass is 16.8. The molecule has 0 saturated carbocycles. The van der Waals surface area contributed by atoms with Gasteiger partial charge in [-0.25, -0.2) is 0 Å². The molecule has 95 heavy (non-hydrogen) atoms. The van der Waals surface area contributed by atoms with Gasteiger partial charge in [0, 0.05) is 6.42 Å². The molecule has 0 bridgehead atoms. The van der Waals surface area contributed by atoms with E-state index < -0.39 is 124 Å². The third-order valence-corrected chi connectivity index (χ3v) is 20.4. The van der Waals surface area contributed by atoms with Gasteiger partial charge in [0.2, 0.25) is 5.91 Å². The van der Waals surface area contributed by atoms with Gasteiger partial charge in [0.25, 0.3) is 0 Å². The van der Waals surface area contributed by atoms with E-state index in [-0.39, 0.29) is 18.9 Å². The number of carbonyl (C=O) groups is 1. The van der Waals surface area contributed by atoms with Crippen LogP contribution >= 0.6 is 0 Å². The molecule has 0 aromatic carbocycles. The molecule has 3 aliphatic rings. The fraction of sp³-hybridized carbons (Fsp3) is 0.987. The van der Waals surface area contributed by atoms with E-state index >= 15 is 0 Å². The van der Waals surface area contributed by atoms with E-state index in [0.29, 0.717) is 12.8 Å². The van der Waals surface area contributed by atoms with Crippen LogP contribution in [0.15, 0.2) is 0 Å². The zero-order valence-electron chi connectivity index (χ0n) is 60.2. The molecule has 564 valence electrons. The molecule has 3 fully saturated rings. The van der Waals surface area contributed by atoms with Gasteiger partial charge in [-0.15, -0.1) is 0 Å². The van der Waals surface area contributed by atoms with E-state index in [1.807, 2.05) is 0 Å². The summed E-state index contributed by atoms with van der Waals surface area (Å²) < 4.78 is 34.5. The Kier molecular flexibility index (Phi) is 54.0. The Morgan fingerprint density at radius 2 is 0.600 bits per heavy atom. The molecule has 0 aromatic heterocycles. The molecule has 17 unspecified atom stereocenters. The maximum Gasteiger partial charge on any atom is 0.220 e. The Morgan fingerprint density at radius 1 is 0.337 bits per heavy atom. The van der Waals surface area contributed by atoms with Crippen molar-refractivity contribution in [3.05, 3.63) is 0 Å². The van der Waals surface area contributed by atoms with Crippen molar-refractivity contribution in [2.45, 2.75) is 452 Å². The molecule has 0 aromatic rings.